The fourth-order valence-electron chi connectivity index (χ4n) is 5.08. The first-order chi connectivity index (χ1) is 15.3. The third kappa shape index (κ3) is 5.17. The molecule has 1 heterocycles. The zero-order valence-corrected chi connectivity index (χ0v) is 19.7. The van der Waals surface area contributed by atoms with Crippen molar-refractivity contribution in [3.8, 4) is 0 Å². The Bertz CT molecular complexity index is 947. The molecule has 0 radical (unpaired) electrons. The maximum Gasteiger partial charge on any atom is 0.309 e. The van der Waals surface area contributed by atoms with Crippen LogP contribution in [0.1, 0.15) is 69.4 Å². The molecule has 0 spiro atoms. The number of ether oxygens (including phenoxy) is 1. The van der Waals surface area contributed by atoms with Crippen molar-refractivity contribution in [3.05, 3.63) is 29.3 Å². The van der Waals surface area contributed by atoms with Crippen molar-refractivity contribution in [3.63, 3.8) is 0 Å². The van der Waals surface area contributed by atoms with Crippen LogP contribution in [-0.2, 0) is 37.2 Å². The van der Waals surface area contributed by atoms with E-state index >= 15 is 0 Å². The van der Waals surface area contributed by atoms with Crippen LogP contribution in [0.15, 0.2) is 23.1 Å². The number of sulfonamides is 1. The molecule has 4 rings (SSSR count). The van der Waals surface area contributed by atoms with Gasteiger partial charge in [0, 0.05) is 19.1 Å². The molecule has 3 aliphatic rings. The Kier molecular flexibility index (Phi) is 7.20. The fraction of sp³-hybridized carbons (Fsp3) is 0.667. The molecule has 1 aromatic carbocycles. The lowest BCUT2D eigenvalue weighted by Gasteiger charge is -2.31. The number of rotatable bonds is 6. The van der Waals surface area contributed by atoms with Crippen molar-refractivity contribution < 1.29 is 22.7 Å². The molecule has 1 N–H and O–H groups in total. The van der Waals surface area contributed by atoms with Gasteiger partial charge in [0.1, 0.15) is 0 Å². The summed E-state index contributed by atoms with van der Waals surface area (Å²) in [5.74, 6) is -1.04. The first-order valence-electron chi connectivity index (χ1n) is 12.0. The van der Waals surface area contributed by atoms with Crippen LogP contribution in [0.25, 0.3) is 0 Å². The summed E-state index contributed by atoms with van der Waals surface area (Å²) >= 11 is 0. The van der Waals surface area contributed by atoms with Gasteiger partial charge in [-0.25, -0.2) is 8.42 Å². The van der Waals surface area contributed by atoms with E-state index in [0.29, 0.717) is 17.7 Å². The number of nitrogens with zero attached hydrogens (tertiary/aromatic N) is 1. The highest BCUT2D eigenvalue weighted by Crippen LogP contribution is 2.29. The molecule has 1 amide bonds. The molecule has 1 unspecified atom stereocenters. The van der Waals surface area contributed by atoms with Crippen LogP contribution >= 0.6 is 0 Å². The predicted molar refractivity (Wildman–Crippen MR) is 121 cm³/mol. The Hall–Kier alpha value is -1.93. The average molecular weight is 463 g/mol. The number of esters is 1. The summed E-state index contributed by atoms with van der Waals surface area (Å²) in [7, 11) is -3.57. The lowest BCUT2D eigenvalue weighted by Crippen LogP contribution is -2.44. The van der Waals surface area contributed by atoms with E-state index in [-0.39, 0.29) is 31.0 Å². The van der Waals surface area contributed by atoms with E-state index in [1.165, 1.54) is 16.3 Å². The number of hydrogen-bond acceptors (Lipinski definition) is 5. The molecule has 176 valence electrons. The van der Waals surface area contributed by atoms with E-state index in [1.807, 2.05) is 12.1 Å². The number of benzene rings is 1. The zero-order chi connectivity index (χ0) is 22.7. The predicted octanol–water partition coefficient (Wildman–Crippen LogP) is 2.96. The monoisotopic (exact) mass is 462 g/mol. The molecule has 0 bridgehead atoms. The van der Waals surface area contributed by atoms with Crippen LogP contribution in [0.5, 0.6) is 0 Å². The maximum absolute atomic E-state index is 13.1. The summed E-state index contributed by atoms with van der Waals surface area (Å²) in [6.07, 6.45) is 8.38. The van der Waals surface area contributed by atoms with Crippen molar-refractivity contribution in [2.45, 2.75) is 88.2 Å². The number of carbonyl (C=O) groups is 2. The van der Waals surface area contributed by atoms with Gasteiger partial charge in [0.2, 0.25) is 10.0 Å². The molecule has 2 aliphatic carbocycles. The summed E-state index contributed by atoms with van der Waals surface area (Å²) in [4.78, 5) is 25.3. The van der Waals surface area contributed by atoms with Crippen LogP contribution in [0, 0.1) is 5.92 Å². The number of piperidine rings is 1. The van der Waals surface area contributed by atoms with E-state index < -0.39 is 22.1 Å². The summed E-state index contributed by atoms with van der Waals surface area (Å²) in [6, 6.07) is 5.61. The molecule has 8 heteroatoms. The largest absolute Gasteiger partial charge is 0.452 e. The van der Waals surface area contributed by atoms with E-state index in [4.69, 9.17) is 4.74 Å². The summed E-state index contributed by atoms with van der Waals surface area (Å²) < 4.78 is 33.0. The highest BCUT2D eigenvalue weighted by atomic mass is 32.2. The maximum atomic E-state index is 13.1. The molecule has 0 aromatic heterocycles. The molecular formula is C24H34N2O5S. The molecular weight excluding hydrogens is 428 g/mol. The van der Waals surface area contributed by atoms with Crippen LogP contribution in [-0.4, -0.2) is 49.8 Å². The van der Waals surface area contributed by atoms with Gasteiger partial charge in [0.25, 0.3) is 5.91 Å². The van der Waals surface area contributed by atoms with Crippen molar-refractivity contribution >= 4 is 21.9 Å². The number of nitrogens with one attached hydrogen (secondary N) is 1. The Morgan fingerprint density at radius 2 is 1.69 bits per heavy atom. The highest BCUT2D eigenvalue weighted by molar-refractivity contribution is 7.89. The molecule has 1 aromatic rings. The number of aryl methyl sites for hydroxylation is 2. The number of carbonyl (C=O) groups excluding carboxylic acids is 2. The van der Waals surface area contributed by atoms with Crippen LogP contribution in [0.4, 0.5) is 0 Å². The van der Waals surface area contributed by atoms with Crippen molar-refractivity contribution in [1.29, 1.82) is 0 Å². The topological polar surface area (TPSA) is 92.8 Å². The van der Waals surface area contributed by atoms with Crippen molar-refractivity contribution in [1.82, 2.24) is 9.62 Å². The van der Waals surface area contributed by atoms with Gasteiger partial charge < -0.3 is 10.1 Å². The first-order valence-corrected chi connectivity index (χ1v) is 13.4. The van der Waals surface area contributed by atoms with Crippen LogP contribution in [0.2, 0.25) is 0 Å². The minimum absolute atomic E-state index is 0.171. The molecule has 1 saturated heterocycles. The van der Waals surface area contributed by atoms with Crippen LogP contribution < -0.4 is 5.32 Å². The molecule has 7 nitrogen and oxygen atoms in total. The first kappa shape index (κ1) is 23.2. The van der Waals surface area contributed by atoms with Gasteiger partial charge in [-0.3, -0.25) is 9.59 Å². The van der Waals surface area contributed by atoms with E-state index in [9.17, 15) is 18.0 Å². The third-order valence-corrected chi connectivity index (χ3v) is 9.00. The lowest BCUT2D eigenvalue weighted by molar-refractivity contribution is -0.160. The van der Waals surface area contributed by atoms with Gasteiger partial charge in [-0.05, 0) is 75.1 Å². The van der Waals surface area contributed by atoms with Gasteiger partial charge in [0.05, 0.1) is 10.8 Å². The van der Waals surface area contributed by atoms with E-state index in [0.717, 1.165) is 50.5 Å². The Labute approximate surface area is 190 Å². The van der Waals surface area contributed by atoms with Crippen molar-refractivity contribution in [2.75, 3.05) is 13.1 Å². The molecule has 1 aliphatic heterocycles. The van der Waals surface area contributed by atoms with Gasteiger partial charge in [-0.2, -0.15) is 4.31 Å². The minimum Gasteiger partial charge on any atom is -0.452 e. The highest BCUT2D eigenvalue weighted by Gasteiger charge is 2.34. The Morgan fingerprint density at radius 1 is 1.00 bits per heavy atom. The van der Waals surface area contributed by atoms with Gasteiger partial charge in [0.15, 0.2) is 6.10 Å². The Morgan fingerprint density at radius 3 is 2.41 bits per heavy atom. The second kappa shape index (κ2) is 9.91. The number of amides is 1. The number of fused-ring (bicyclic) bond motifs is 1. The molecule has 2 fully saturated rings. The number of hydrogen-bond donors (Lipinski definition) is 1. The van der Waals surface area contributed by atoms with Gasteiger partial charge >= 0.3 is 5.97 Å². The van der Waals surface area contributed by atoms with Crippen LogP contribution in [0.3, 0.4) is 0 Å². The molecule has 32 heavy (non-hydrogen) atoms. The smallest absolute Gasteiger partial charge is 0.309 e. The average Bonchev–Trinajstić information content (AvgIpc) is 3.28. The Balaban J connectivity index is 1.28. The third-order valence-electron chi connectivity index (χ3n) is 7.11. The standard InChI is InChI=1S/C24H34N2O5S/c1-17(23(27)25-21-8-3-2-4-9-21)31-24(28)19-12-14-26(15-13-19)32(29,30)22-11-10-18-6-5-7-20(18)16-22/h10-11,16-17,19,21H,2-9,12-15H2,1H3,(H,25,27). The lowest BCUT2D eigenvalue weighted by atomic mass is 9.95. The zero-order valence-electron chi connectivity index (χ0n) is 18.8. The summed E-state index contributed by atoms with van der Waals surface area (Å²) in [5.41, 5.74) is 2.37. The van der Waals surface area contributed by atoms with E-state index in [1.54, 1.807) is 13.0 Å². The normalized spacial score (nSPS) is 21.7. The van der Waals surface area contributed by atoms with Gasteiger partial charge in [-0.15, -0.1) is 0 Å². The molecule has 1 saturated carbocycles. The fourth-order valence-corrected chi connectivity index (χ4v) is 6.60. The van der Waals surface area contributed by atoms with Gasteiger partial charge in [-0.1, -0.05) is 25.3 Å². The van der Waals surface area contributed by atoms with Crippen molar-refractivity contribution in [2.24, 2.45) is 5.92 Å². The SMILES string of the molecule is CC(OC(=O)C1CCN(S(=O)(=O)c2ccc3c(c2)CCC3)CC1)C(=O)NC1CCCCC1. The van der Waals surface area contributed by atoms with E-state index in [2.05, 4.69) is 5.32 Å². The quantitative estimate of drug-likeness (QED) is 0.656. The second-order valence-electron chi connectivity index (χ2n) is 9.39. The summed E-state index contributed by atoms with van der Waals surface area (Å²) in [5, 5.41) is 2.99. The second-order valence-corrected chi connectivity index (χ2v) is 11.3. The minimum atomic E-state index is -3.57. The summed E-state index contributed by atoms with van der Waals surface area (Å²) in [6.45, 7) is 2.16. The molecule has 1 atom stereocenters.